The molecule has 2 aromatic heterocycles. The number of fused-ring (bicyclic) bond motifs is 1. The average Bonchev–Trinajstić information content (AvgIpc) is 3.37. The smallest absolute Gasteiger partial charge is 0.337 e. The van der Waals surface area contributed by atoms with Gasteiger partial charge in [-0.05, 0) is 62.8 Å². The lowest BCUT2D eigenvalue weighted by molar-refractivity contribution is -0.00188. The topological polar surface area (TPSA) is 86.9 Å². The summed E-state index contributed by atoms with van der Waals surface area (Å²) < 4.78 is 29.6. The van der Waals surface area contributed by atoms with Crippen LogP contribution >= 0.6 is 0 Å². The number of anilines is 2. The third-order valence-corrected chi connectivity index (χ3v) is 7.68. The van der Waals surface area contributed by atoms with Gasteiger partial charge in [0.2, 0.25) is 5.92 Å². The van der Waals surface area contributed by atoms with Gasteiger partial charge in [-0.25, -0.2) is 18.6 Å². The molecule has 1 aliphatic heterocycles. The monoisotopic (exact) mass is 496 g/mol. The Balaban J connectivity index is 1.55. The van der Waals surface area contributed by atoms with Crippen molar-refractivity contribution in [2.24, 2.45) is 5.41 Å². The predicted octanol–water partition coefficient (Wildman–Crippen LogP) is 5.20. The molecule has 190 valence electrons. The Morgan fingerprint density at radius 3 is 2.64 bits per heavy atom. The summed E-state index contributed by atoms with van der Waals surface area (Å²) >= 11 is 0. The molecule has 1 aromatic carbocycles. The number of aromatic nitrogens is 2. The van der Waals surface area contributed by atoms with Gasteiger partial charge >= 0.3 is 5.97 Å². The summed E-state index contributed by atoms with van der Waals surface area (Å²) in [5.74, 6) is -3.12. The third-order valence-electron chi connectivity index (χ3n) is 7.68. The van der Waals surface area contributed by atoms with Crippen LogP contribution in [0.15, 0.2) is 41.3 Å². The van der Waals surface area contributed by atoms with E-state index in [1.54, 1.807) is 31.3 Å². The molecular formula is C27H30F2N4O3. The summed E-state index contributed by atoms with van der Waals surface area (Å²) in [6.07, 6.45) is 2.69. The van der Waals surface area contributed by atoms with Crippen LogP contribution in [0.4, 0.5) is 20.3 Å². The molecule has 0 bridgehead atoms. The van der Waals surface area contributed by atoms with Crippen LogP contribution in [0.25, 0.3) is 5.65 Å². The van der Waals surface area contributed by atoms with Gasteiger partial charge in [0.25, 0.3) is 5.56 Å². The molecule has 0 radical (unpaired) electrons. The number of aromatic carboxylic acids is 1. The highest BCUT2D eigenvalue weighted by atomic mass is 19.3. The molecule has 36 heavy (non-hydrogen) atoms. The maximum absolute atomic E-state index is 14.0. The minimum atomic E-state index is -2.63. The van der Waals surface area contributed by atoms with Crippen molar-refractivity contribution < 1.29 is 18.7 Å². The zero-order valence-corrected chi connectivity index (χ0v) is 20.6. The molecule has 2 atom stereocenters. The highest BCUT2D eigenvalue weighted by Gasteiger charge is 2.52. The number of nitrogens with one attached hydrogen (secondary N) is 1. The van der Waals surface area contributed by atoms with Gasteiger partial charge in [0.15, 0.2) is 0 Å². The number of nitrogens with zero attached hydrogens (tertiary/aromatic N) is 3. The van der Waals surface area contributed by atoms with E-state index >= 15 is 0 Å². The molecule has 0 amide bonds. The second-order valence-electron chi connectivity index (χ2n) is 10.5. The van der Waals surface area contributed by atoms with Crippen molar-refractivity contribution in [1.29, 1.82) is 0 Å². The quantitative estimate of drug-likeness (QED) is 0.505. The van der Waals surface area contributed by atoms with E-state index in [0.29, 0.717) is 48.6 Å². The van der Waals surface area contributed by atoms with Gasteiger partial charge in [0, 0.05) is 43.4 Å². The summed E-state index contributed by atoms with van der Waals surface area (Å²) in [4.78, 5) is 32.0. The van der Waals surface area contributed by atoms with Crippen LogP contribution < -0.4 is 15.8 Å². The van der Waals surface area contributed by atoms with E-state index in [1.165, 1.54) is 10.5 Å². The fourth-order valence-corrected chi connectivity index (χ4v) is 5.86. The maximum atomic E-state index is 14.0. The van der Waals surface area contributed by atoms with E-state index in [2.05, 4.69) is 5.32 Å². The summed E-state index contributed by atoms with van der Waals surface area (Å²) in [5.41, 5.74) is 2.55. The first-order chi connectivity index (χ1) is 17.0. The Morgan fingerprint density at radius 1 is 1.19 bits per heavy atom. The Kier molecular flexibility index (Phi) is 5.76. The zero-order valence-electron chi connectivity index (χ0n) is 20.6. The van der Waals surface area contributed by atoms with Crippen molar-refractivity contribution in [2.75, 3.05) is 23.3 Å². The highest BCUT2D eigenvalue weighted by Crippen LogP contribution is 2.52. The fraction of sp³-hybridized carbons (Fsp3) is 0.444. The predicted molar refractivity (Wildman–Crippen MR) is 134 cm³/mol. The first-order valence-corrected chi connectivity index (χ1v) is 12.2. The van der Waals surface area contributed by atoms with Crippen molar-refractivity contribution in [3.05, 3.63) is 69.1 Å². The number of pyridine rings is 1. The van der Waals surface area contributed by atoms with Crippen molar-refractivity contribution >= 4 is 23.1 Å². The first-order valence-electron chi connectivity index (χ1n) is 12.2. The number of halogens is 2. The molecule has 1 saturated heterocycles. The van der Waals surface area contributed by atoms with Crippen LogP contribution in [0.2, 0.25) is 0 Å². The fourth-order valence-electron chi connectivity index (χ4n) is 5.86. The highest BCUT2D eigenvalue weighted by molar-refractivity contribution is 5.94. The van der Waals surface area contributed by atoms with Crippen LogP contribution in [-0.4, -0.2) is 39.5 Å². The van der Waals surface area contributed by atoms with E-state index < -0.39 is 17.3 Å². The Hall–Kier alpha value is -3.49. The van der Waals surface area contributed by atoms with Gasteiger partial charge in [0.05, 0.1) is 17.2 Å². The molecule has 3 heterocycles. The van der Waals surface area contributed by atoms with Crippen LogP contribution in [0.1, 0.15) is 65.7 Å². The number of hydrogen-bond donors (Lipinski definition) is 2. The normalized spacial score (nSPS) is 21.9. The van der Waals surface area contributed by atoms with Gasteiger partial charge in [-0.2, -0.15) is 0 Å². The second-order valence-corrected chi connectivity index (χ2v) is 10.5. The molecule has 2 N–H and O–H groups in total. The average molecular weight is 497 g/mol. The molecule has 2 fully saturated rings. The zero-order chi connectivity index (χ0) is 25.8. The minimum absolute atomic E-state index is 0.0853. The maximum Gasteiger partial charge on any atom is 0.337 e. The number of hydrogen-bond acceptors (Lipinski definition) is 5. The van der Waals surface area contributed by atoms with Crippen molar-refractivity contribution in [2.45, 2.75) is 58.4 Å². The third kappa shape index (κ3) is 4.20. The van der Waals surface area contributed by atoms with Gasteiger partial charge in [0.1, 0.15) is 11.5 Å². The number of carboxylic acid groups (broad SMARTS) is 1. The van der Waals surface area contributed by atoms with E-state index in [4.69, 9.17) is 4.98 Å². The molecule has 1 saturated carbocycles. The van der Waals surface area contributed by atoms with Crippen molar-refractivity contribution in [1.82, 2.24) is 9.38 Å². The van der Waals surface area contributed by atoms with Crippen LogP contribution in [0.3, 0.4) is 0 Å². The summed E-state index contributed by atoms with van der Waals surface area (Å²) in [6.45, 7) is 6.57. The first kappa shape index (κ1) is 24.2. The Morgan fingerprint density at radius 2 is 1.94 bits per heavy atom. The Labute approximate surface area is 207 Å². The van der Waals surface area contributed by atoms with Gasteiger partial charge in [-0.3, -0.25) is 9.20 Å². The van der Waals surface area contributed by atoms with Crippen LogP contribution in [-0.2, 0) is 0 Å². The molecule has 3 aromatic rings. The van der Waals surface area contributed by atoms with E-state index in [-0.39, 0.29) is 30.0 Å². The van der Waals surface area contributed by atoms with E-state index in [9.17, 15) is 23.5 Å². The van der Waals surface area contributed by atoms with E-state index in [0.717, 1.165) is 11.1 Å². The molecular weight excluding hydrogens is 466 g/mol. The second kappa shape index (κ2) is 8.57. The molecule has 1 aliphatic carbocycles. The number of benzene rings is 1. The molecule has 1 unspecified atom stereocenters. The van der Waals surface area contributed by atoms with Gasteiger partial charge in [-0.15, -0.1) is 0 Å². The SMILES string of the molecule is Cc1cc([C@@H](C)Nc2ccccc2C(=O)O)c2nc(N3CCC4(CCC(F)(F)C4)C3)c(C)c(=O)n2c1. The largest absolute Gasteiger partial charge is 0.478 e. The lowest BCUT2D eigenvalue weighted by atomic mass is 9.85. The van der Waals surface area contributed by atoms with Crippen LogP contribution in [0.5, 0.6) is 0 Å². The van der Waals surface area contributed by atoms with Crippen molar-refractivity contribution in [3.63, 3.8) is 0 Å². The van der Waals surface area contributed by atoms with E-state index in [1.807, 2.05) is 24.8 Å². The summed E-state index contributed by atoms with van der Waals surface area (Å²) in [7, 11) is 0. The lowest BCUT2D eigenvalue weighted by Crippen LogP contribution is -2.31. The number of alkyl halides is 2. The number of para-hydroxylation sites is 1. The number of rotatable bonds is 5. The Bertz CT molecular complexity index is 1420. The number of aryl methyl sites for hydroxylation is 1. The summed E-state index contributed by atoms with van der Waals surface area (Å²) in [6, 6.07) is 8.24. The molecule has 9 heteroatoms. The molecule has 7 nitrogen and oxygen atoms in total. The van der Waals surface area contributed by atoms with Crippen molar-refractivity contribution in [3.8, 4) is 0 Å². The molecule has 1 spiro atoms. The minimum Gasteiger partial charge on any atom is -0.478 e. The summed E-state index contributed by atoms with van der Waals surface area (Å²) in [5, 5.41) is 12.8. The molecule has 2 aliphatic rings. The van der Waals surface area contributed by atoms with Crippen LogP contribution in [0, 0.1) is 19.3 Å². The van der Waals surface area contributed by atoms with Gasteiger partial charge in [-0.1, -0.05) is 12.1 Å². The van der Waals surface area contributed by atoms with Gasteiger partial charge < -0.3 is 15.3 Å². The standard InChI is InChI=1S/C27H30F2N4O3/c1-16-12-20(18(3)30-21-7-5-4-6-19(21)25(35)36)23-31-22(17(2)24(34)33(23)13-16)32-11-10-26(15-32)8-9-27(28,29)14-26/h4-7,12-13,18,30H,8-11,14-15H2,1-3H3,(H,35,36)/t18-,26?/m1/s1. The lowest BCUT2D eigenvalue weighted by Gasteiger charge is -2.26. The molecule has 5 rings (SSSR count). The number of carboxylic acids is 1. The number of carbonyl (C=O) groups is 1.